The largest absolute Gasteiger partial charge is 0.504 e. The lowest BCUT2D eigenvalue weighted by molar-refractivity contribution is -0.148. The molecule has 1 aliphatic heterocycles. The first-order valence-corrected chi connectivity index (χ1v) is 17.1. The number of aromatic hydroxyl groups is 1. The number of allylic oxidation sites excluding steroid dienone is 1. The number of para-hydroxylation sites is 2. The summed E-state index contributed by atoms with van der Waals surface area (Å²) in [4.78, 5) is 11.7. The molecule has 0 radical (unpaired) electrons. The molecule has 9 atom stereocenters. The highest BCUT2D eigenvalue weighted by molar-refractivity contribution is 5.82. The number of hydrogen-bond acceptors (Lipinski definition) is 6. The summed E-state index contributed by atoms with van der Waals surface area (Å²) in [6.45, 7) is 11.2. The van der Waals surface area contributed by atoms with Gasteiger partial charge in [-0.2, -0.15) is 0 Å². The lowest BCUT2D eigenvalue weighted by Crippen LogP contribution is -2.51. The van der Waals surface area contributed by atoms with Crippen LogP contribution in [0.3, 0.4) is 0 Å². The van der Waals surface area contributed by atoms with Crippen LogP contribution >= 0.6 is 0 Å². The molecule has 5 aliphatic rings. The first-order chi connectivity index (χ1) is 21.1. The van der Waals surface area contributed by atoms with E-state index in [1.807, 2.05) is 24.3 Å². The van der Waals surface area contributed by atoms with Crippen molar-refractivity contribution in [3.05, 3.63) is 48.0 Å². The Labute approximate surface area is 262 Å². The standard InChI is InChI=1S/C38H49NO5/c1-6-32(44-36-31(41)15-16-34-35(36)39-30-9-7-8-10-33(30)43-34)22(2)27-13-14-28-26-12-11-24-21-25(42-23(3)40)17-19-37(24,4)29(26)18-20-38(27,28)5/h7-11,15-16,22,25-29,32,39,41H,6,12-14,17-21H2,1-5H3/t22-,25-,26-,27+,28-,29-,32?,37-,38+/m0/s1. The highest BCUT2D eigenvalue weighted by Gasteiger charge is 2.60. The molecule has 0 bridgehead atoms. The van der Waals surface area contributed by atoms with Crippen molar-refractivity contribution in [3.8, 4) is 23.0 Å². The molecule has 1 heterocycles. The third-order valence-corrected chi connectivity index (χ3v) is 12.8. The number of ether oxygens (including phenoxy) is 3. The minimum atomic E-state index is -0.154. The predicted molar refractivity (Wildman–Crippen MR) is 173 cm³/mol. The van der Waals surface area contributed by atoms with Gasteiger partial charge in [-0.05, 0) is 116 Å². The zero-order chi connectivity index (χ0) is 30.8. The van der Waals surface area contributed by atoms with Gasteiger partial charge < -0.3 is 24.6 Å². The summed E-state index contributed by atoms with van der Waals surface area (Å²) >= 11 is 0. The molecule has 0 saturated heterocycles. The maximum Gasteiger partial charge on any atom is 0.302 e. The molecule has 4 aliphatic carbocycles. The number of phenolic OH excluding ortho intramolecular Hbond substituents is 1. The number of esters is 1. The Kier molecular flexibility index (Phi) is 7.41. The first kappa shape index (κ1) is 29.6. The third-order valence-electron chi connectivity index (χ3n) is 12.8. The Hall–Kier alpha value is -3.15. The molecule has 3 saturated carbocycles. The van der Waals surface area contributed by atoms with Crippen LogP contribution in [0.1, 0.15) is 92.4 Å². The number of hydrogen-bond donors (Lipinski definition) is 2. The highest BCUT2D eigenvalue weighted by Crippen LogP contribution is 2.67. The van der Waals surface area contributed by atoms with Crippen molar-refractivity contribution in [2.75, 3.05) is 5.32 Å². The van der Waals surface area contributed by atoms with E-state index in [2.05, 4.69) is 39.1 Å². The molecule has 0 spiro atoms. The summed E-state index contributed by atoms with van der Waals surface area (Å²) in [7, 11) is 0. The fraction of sp³-hybridized carbons (Fsp3) is 0.605. The second-order valence-electron chi connectivity index (χ2n) is 14.9. The van der Waals surface area contributed by atoms with Gasteiger partial charge in [-0.25, -0.2) is 0 Å². The molecule has 2 aromatic rings. The fourth-order valence-corrected chi connectivity index (χ4v) is 10.6. The number of carbonyl (C=O) groups is 1. The summed E-state index contributed by atoms with van der Waals surface area (Å²) in [6.07, 6.45) is 12.7. The average Bonchev–Trinajstić information content (AvgIpc) is 3.36. The van der Waals surface area contributed by atoms with Gasteiger partial charge in [0.15, 0.2) is 23.0 Å². The average molecular weight is 600 g/mol. The number of benzene rings is 2. The van der Waals surface area contributed by atoms with Crippen LogP contribution in [0.2, 0.25) is 0 Å². The SMILES string of the molecule is CCC(Oc1c(O)ccc2c1Nc1ccccc1O2)[C@@H](C)[C@H]1CC[C@H]2[C@@H]3CC=C4C[C@@H](OC(C)=O)CC[C@]4(C)[C@H]3CC[C@]12C. The van der Waals surface area contributed by atoms with Crippen molar-refractivity contribution in [2.45, 2.75) is 105 Å². The Balaban J connectivity index is 1.10. The fourth-order valence-electron chi connectivity index (χ4n) is 10.6. The van der Waals surface area contributed by atoms with E-state index in [4.69, 9.17) is 14.2 Å². The normalized spacial score (nSPS) is 34.8. The number of fused-ring (bicyclic) bond motifs is 7. The minimum Gasteiger partial charge on any atom is -0.504 e. The van der Waals surface area contributed by atoms with Gasteiger partial charge in [-0.3, -0.25) is 4.79 Å². The smallest absolute Gasteiger partial charge is 0.302 e. The van der Waals surface area contributed by atoms with Gasteiger partial charge in [-0.1, -0.05) is 51.5 Å². The van der Waals surface area contributed by atoms with Crippen LogP contribution < -0.4 is 14.8 Å². The molecule has 6 heteroatoms. The Morgan fingerprint density at radius 1 is 1.07 bits per heavy atom. The first-order valence-electron chi connectivity index (χ1n) is 17.1. The molecule has 44 heavy (non-hydrogen) atoms. The van der Waals surface area contributed by atoms with Gasteiger partial charge in [0.2, 0.25) is 0 Å². The minimum absolute atomic E-state index is 0.0170. The number of nitrogens with one attached hydrogen (secondary N) is 1. The maximum absolute atomic E-state index is 11.7. The van der Waals surface area contributed by atoms with Crippen molar-refractivity contribution >= 4 is 17.3 Å². The predicted octanol–water partition coefficient (Wildman–Crippen LogP) is 9.55. The van der Waals surface area contributed by atoms with Gasteiger partial charge in [0.1, 0.15) is 17.9 Å². The van der Waals surface area contributed by atoms with E-state index in [9.17, 15) is 9.90 Å². The second kappa shape index (κ2) is 11.0. The molecule has 1 unspecified atom stereocenters. The number of carbonyl (C=O) groups excluding carboxylic acids is 1. The molecule has 2 N–H and O–H groups in total. The number of anilines is 2. The molecule has 3 fully saturated rings. The van der Waals surface area contributed by atoms with E-state index < -0.39 is 0 Å². The summed E-state index contributed by atoms with van der Waals surface area (Å²) < 4.78 is 18.6. The van der Waals surface area contributed by atoms with E-state index in [-0.39, 0.29) is 34.8 Å². The number of phenols is 1. The quantitative estimate of drug-likeness (QED) is 0.217. The lowest BCUT2D eigenvalue weighted by Gasteiger charge is -2.58. The maximum atomic E-state index is 11.7. The Bertz CT molecular complexity index is 1470. The van der Waals surface area contributed by atoms with Crippen molar-refractivity contribution in [1.29, 1.82) is 0 Å². The van der Waals surface area contributed by atoms with Crippen LogP contribution in [0.25, 0.3) is 0 Å². The van der Waals surface area contributed by atoms with E-state index in [1.165, 1.54) is 32.6 Å². The van der Waals surface area contributed by atoms with Crippen molar-refractivity contribution in [3.63, 3.8) is 0 Å². The topological polar surface area (TPSA) is 77.0 Å². The molecular formula is C38H49NO5. The van der Waals surface area contributed by atoms with Crippen LogP contribution in [0.4, 0.5) is 11.4 Å². The summed E-state index contributed by atoms with van der Waals surface area (Å²) in [5, 5.41) is 14.5. The van der Waals surface area contributed by atoms with Gasteiger partial charge in [-0.15, -0.1) is 0 Å². The second-order valence-corrected chi connectivity index (χ2v) is 14.9. The van der Waals surface area contributed by atoms with Crippen LogP contribution in [-0.4, -0.2) is 23.3 Å². The van der Waals surface area contributed by atoms with Gasteiger partial charge in [0.25, 0.3) is 0 Å². The lowest BCUT2D eigenvalue weighted by atomic mass is 9.47. The van der Waals surface area contributed by atoms with E-state index in [1.54, 1.807) is 17.7 Å². The molecule has 6 nitrogen and oxygen atoms in total. The third kappa shape index (κ3) is 4.70. The monoisotopic (exact) mass is 599 g/mol. The molecule has 0 aromatic heterocycles. The van der Waals surface area contributed by atoms with Gasteiger partial charge in [0, 0.05) is 13.3 Å². The van der Waals surface area contributed by atoms with Crippen molar-refractivity contribution in [1.82, 2.24) is 0 Å². The molecule has 236 valence electrons. The van der Waals surface area contributed by atoms with Gasteiger partial charge >= 0.3 is 5.97 Å². The van der Waals surface area contributed by atoms with Crippen LogP contribution in [0, 0.1) is 40.4 Å². The molecular weight excluding hydrogens is 550 g/mol. The Morgan fingerprint density at radius 2 is 1.89 bits per heavy atom. The van der Waals surface area contributed by atoms with E-state index in [0.29, 0.717) is 34.9 Å². The van der Waals surface area contributed by atoms with E-state index >= 15 is 0 Å². The summed E-state index contributed by atoms with van der Waals surface area (Å²) in [6, 6.07) is 11.3. The summed E-state index contributed by atoms with van der Waals surface area (Å²) in [5.41, 5.74) is 3.64. The highest BCUT2D eigenvalue weighted by atomic mass is 16.5. The number of rotatable bonds is 6. The zero-order valence-corrected chi connectivity index (χ0v) is 27.0. The van der Waals surface area contributed by atoms with Crippen molar-refractivity contribution < 1.29 is 24.1 Å². The van der Waals surface area contributed by atoms with E-state index in [0.717, 1.165) is 55.4 Å². The molecule has 2 aromatic carbocycles. The van der Waals surface area contributed by atoms with Crippen molar-refractivity contribution in [2.24, 2.45) is 40.4 Å². The zero-order valence-electron chi connectivity index (χ0n) is 27.0. The molecule has 0 amide bonds. The van der Waals surface area contributed by atoms with Crippen LogP contribution in [0.15, 0.2) is 48.0 Å². The van der Waals surface area contributed by atoms with Crippen LogP contribution in [0.5, 0.6) is 23.0 Å². The van der Waals surface area contributed by atoms with Crippen LogP contribution in [-0.2, 0) is 9.53 Å². The Morgan fingerprint density at radius 3 is 2.68 bits per heavy atom. The summed E-state index contributed by atoms with van der Waals surface area (Å²) in [5.74, 6) is 4.99. The van der Waals surface area contributed by atoms with Gasteiger partial charge in [0.05, 0.1) is 5.69 Å². The molecule has 7 rings (SSSR count).